The number of benzene rings is 1. The Labute approximate surface area is 131 Å². The Kier molecular flexibility index (Phi) is 3.65. The number of nitrogens with one attached hydrogen (secondary N) is 1. The zero-order valence-corrected chi connectivity index (χ0v) is 12.6. The molecule has 0 aliphatic rings. The summed E-state index contributed by atoms with van der Waals surface area (Å²) in [5.41, 5.74) is 1.66. The predicted molar refractivity (Wildman–Crippen MR) is 85.3 cm³/mol. The van der Waals surface area contributed by atoms with Gasteiger partial charge in [-0.1, -0.05) is 12.1 Å². The molecular weight excluding hydrogens is 297 g/mol. The van der Waals surface area contributed by atoms with Crippen molar-refractivity contribution in [1.82, 2.24) is 9.38 Å². The number of aromatic nitrogens is 2. The van der Waals surface area contributed by atoms with Crippen LogP contribution < -0.4 is 10.9 Å². The van der Waals surface area contributed by atoms with E-state index in [0.29, 0.717) is 11.3 Å². The lowest BCUT2D eigenvalue weighted by Gasteiger charge is -2.10. The van der Waals surface area contributed by atoms with E-state index in [1.807, 2.05) is 13.0 Å². The van der Waals surface area contributed by atoms with Crippen LogP contribution in [0.1, 0.15) is 21.6 Å². The summed E-state index contributed by atoms with van der Waals surface area (Å²) in [6, 6.07) is 8.86. The van der Waals surface area contributed by atoms with E-state index in [4.69, 9.17) is 0 Å². The van der Waals surface area contributed by atoms with Crippen molar-refractivity contribution in [2.24, 2.45) is 0 Å². The van der Waals surface area contributed by atoms with Crippen molar-refractivity contribution in [1.29, 1.82) is 0 Å². The normalized spacial score (nSPS) is 10.7. The number of fused-ring (bicyclic) bond motifs is 1. The van der Waals surface area contributed by atoms with Crippen molar-refractivity contribution in [2.75, 3.05) is 5.32 Å². The van der Waals surface area contributed by atoms with Gasteiger partial charge in [0.15, 0.2) is 0 Å². The Balaban J connectivity index is 2.07. The van der Waals surface area contributed by atoms with Crippen molar-refractivity contribution in [3.8, 4) is 0 Å². The van der Waals surface area contributed by atoms with E-state index in [-0.39, 0.29) is 16.8 Å². The number of carbonyl (C=O) groups is 1. The summed E-state index contributed by atoms with van der Waals surface area (Å²) in [6.45, 7) is 3.50. The molecule has 0 radical (unpaired) electrons. The molecule has 0 saturated heterocycles. The Bertz CT molecular complexity index is 979. The maximum Gasteiger partial charge on any atom is 0.281 e. The summed E-state index contributed by atoms with van der Waals surface area (Å²) < 4.78 is 14.6. The highest BCUT2D eigenvalue weighted by molar-refractivity contribution is 6.04. The van der Waals surface area contributed by atoms with Gasteiger partial charge < -0.3 is 5.32 Å². The zero-order valence-electron chi connectivity index (χ0n) is 12.6. The van der Waals surface area contributed by atoms with Crippen molar-refractivity contribution in [3.63, 3.8) is 0 Å². The molecule has 0 saturated carbocycles. The van der Waals surface area contributed by atoms with Gasteiger partial charge in [0.05, 0.1) is 5.69 Å². The number of hydrogen-bond acceptors (Lipinski definition) is 3. The minimum Gasteiger partial charge on any atom is -0.316 e. The molecule has 0 aliphatic carbocycles. The standard InChI is InChI=1S/C17H14FN3O2/c1-10-5-4-8-21-15(10)19-11(2)14(17(21)23)20-16(22)12-6-3-7-13(18)9-12/h3-9H,1-2H3,(H,20,22). The minimum atomic E-state index is -0.556. The monoisotopic (exact) mass is 311 g/mol. The van der Waals surface area contributed by atoms with Gasteiger partial charge >= 0.3 is 0 Å². The fourth-order valence-corrected chi connectivity index (χ4v) is 2.36. The molecule has 116 valence electrons. The van der Waals surface area contributed by atoms with Crippen LogP contribution in [0.15, 0.2) is 47.4 Å². The maximum atomic E-state index is 13.2. The first kappa shape index (κ1) is 14.9. The van der Waals surface area contributed by atoms with Gasteiger partial charge in [0.1, 0.15) is 17.2 Å². The van der Waals surface area contributed by atoms with Crippen LogP contribution in [0.3, 0.4) is 0 Å². The van der Waals surface area contributed by atoms with Gasteiger partial charge in [-0.25, -0.2) is 9.37 Å². The first-order valence-electron chi connectivity index (χ1n) is 7.03. The van der Waals surface area contributed by atoms with Crippen LogP contribution in [0.25, 0.3) is 5.65 Å². The number of amides is 1. The van der Waals surface area contributed by atoms with Crippen molar-refractivity contribution >= 4 is 17.2 Å². The second-order valence-corrected chi connectivity index (χ2v) is 5.23. The smallest absolute Gasteiger partial charge is 0.281 e. The highest BCUT2D eigenvalue weighted by Gasteiger charge is 2.15. The number of nitrogens with zero attached hydrogens (tertiary/aromatic N) is 2. The summed E-state index contributed by atoms with van der Waals surface area (Å²) in [5.74, 6) is -1.07. The molecule has 1 aromatic carbocycles. The fraction of sp³-hybridized carbons (Fsp3) is 0.118. The van der Waals surface area contributed by atoms with Gasteiger partial charge in [0.25, 0.3) is 11.5 Å². The lowest BCUT2D eigenvalue weighted by molar-refractivity contribution is 0.102. The lowest BCUT2D eigenvalue weighted by Crippen LogP contribution is -2.25. The van der Waals surface area contributed by atoms with Crippen LogP contribution >= 0.6 is 0 Å². The fourth-order valence-electron chi connectivity index (χ4n) is 2.36. The molecule has 3 aromatic rings. The van der Waals surface area contributed by atoms with E-state index in [0.717, 1.165) is 11.6 Å². The third kappa shape index (κ3) is 2.70. The largest absolute Gasteiger partial charge is 0.316 e. The summed E-state index contributed by atoms with van der Waals surface area (Å²) in [5, 5.41) is 2.53. The van der Waals surface area contributed by atoms with Gasteiger partial charge in [-0.15, -0.1) is 0 Å². The number of aryl methyl sites for hydroxylation is 2. The number of anilines is 1. The molecule has 5 nitrogen and oxygen atoms in total. The number of carbonyl (C=O) groups excluding carboxylic acids is 1. The number of halogens is 1. The molecule has 6 heteroatoms. The quantitative estimate of drug-likeness (QED) is 0.791. The van der Waals surface area contributed by atoms with Crippen molar-refractivity contribution in [3.05, 3.63) is 75.6 Å². The molecule has 2 heterocycles. The molecule has 1 N–H and O–H groups in total. The molecule has 0 spiro atoms. The summed E-state index contributed by atoms with van der Waals surface area (Å²) >= 11 is 0. The summed E-state index contributed by atoms with van der Waals surface area (Å²) in [7, 11) is 0. The lowest BCUT2D eigenvalue weighted by atomic mass is 10.2. The SMILES string of the molecule is Cc1nc2c(C)cccn2c(=O)c1NC(=O)c1cccc(F)c1. The Morgan fingerprint density at radius 2 is 2.00 bits per heavy atom. The minimum absolute atomic E-state index is 0.0855. The molecule has 2 aromatic heterocycles. The van der Waals surface area contributed by atoms with Gasteiger partial charge in [0.2, 0.25) is 0 Å². The zero-order chi connectivity index (χ0) is 16.6. The highest BCUT2D eigenvalue weighted by atomic mass is 19.1. The molecule has 23 heavy (non-hydrogen) atoms. The molecule has 0 fully saturated rings. The molecule has 1 amide bonds. The molecule has 0 aliphatic heterocycles. The average Bonchev–Trinajstić information content (AvgIpc) is 2.52. The first-order valence-corrected chi connectivity index (χ1v) is 7.03. The van der Waals surface area contributed by atoms with Crippen LogP contribution in [0, 0.1) is 19.7 Å². The molecular formula is C17H14FN3O2. The first-order chi connectivity index (χ1) is 11.0. The number of hydrogen-bond donors (Lipinski definition) is 1. The van der Waals surface area contributed by atoms with E-state index >= 15 is 0 Å². The van der Waals surface area contributed by atoms with Gasteiger partial charge in [-0.05, 0) is 43.7 Å². The number of pyridine rings is 1. The second-order valence-electron chi connectivity index (χ2n) is 5.23. The van der Waals surface area contributed by atoms with E-state index in [1.54, 1.807) is 19.2 Å². The number of rotatable bonds is 2. The van der Waals surface area contributed by atoms with Crippen LogP contribution in [0.5, 0.6) is 0 Å². The third-order valence-corrected chi connectivity index (χ3v) is 3.56. The third-order valence-electron chi connectivity index (χ3n) is 3.56. The summed E-state index contributed by atoms with van der Waals surface area (Å²) in [4.78, 5) is 29.2. The van der Waals surface area contributed by atoms with Crippen LogP contribution in [0.2, 0.25) is 0 Å². The molecule has 0 atom stereocenters. The van der Waals surface area contributed by atoms with Crippen LogP contribution in [-0.2, 0) is 0 Å². The predicted octanol–water partition coefficient (Wildman–Crippen LogP) is 2.70. The highest BCUT2D eigenvalue weighted by Crippen LogP contribution is 2.13. The van der Waals surface area contributed by atoms with Crippen LogP contribution in [0.4, 0.5) is 10.1 Å². The van der Waals surface area contributed by atoms with E-state index in [9.17, 15) is 14.0 Å². The summed E-state index contributed by atoms with van der Waals surface area (Å²) in [6.07, 6.45) is 1.59. The Hall–Kier alpha value is -3.02. The van der Waals surface area contributed by atoms with Crippen LogP contribution in [-0.4, -0.2) is 15.3 Å². The van der Waals surface area contributed by atoms with E-state index < -0.39 is 11.7 Å². The van der Waals surface area contributed by atoms with Crippen molar-refractivity contribution in [2.45, 2.75) is 13.8 Å². The Morgan fingerprint density at radius 3 is 2.74 bits per heavy atom. The van der Waals surface area contributed by atoms with Crippen molar-refractivity contribution < 1.29 is 9.18 Å². The topological polar surface area (TPSA) is 63.5 Å². The maximum absolute atomic E-state index is 13.2. The van der Waals surface area contributed by atoms with Gasteiger partial charge in [-0.3, -0.25) is 14.0 Å². The van der Waals surface area contributed by atoms with E-state index in [1.165, 1.54) is 22.6 Å². The van der Waals surface area contributed by atoms with Gasteiger partial charge in [-0.2, -0.15) is 0 Å². The molecule has 3 rings (SSSR count). The second kappa shape index (κ2) is 5.64. The average molecular weight is 311 g/mol. The Morgan fingerprint density at radius 1 is 1.22 bits per heavy atom. The van der Waals surface area contributed by atoms with Gasteiger partial charge in [0, 0.05) is 11.8 Å². The van der Waals surface area contributed by atoms with E-state index in [2.05, 4.69) is 10.3 Å². The molecule has 0 bridgehead atoms. The molecule has 0 unspecified atom stereocenters.